The highest BCUT2D eigenvalue weighted by Crippen LogP contribution is 2.39. The molecular formula is C24H30NOSi+. The number of hydrogen-bond acceptors (Lipinski definition) is 1. The topological polar surface area (TPSA) is 21.4 Å². The summed E-state index contributed by atoms with van der Waals surface area (Å²) in [5.41, 5.74) is 1.05. The van der Waals surface area contributed by atoms with Crippen LogP contribution in [-0.4, -0.2) is 14.0 Å². The highest BCUT2D eigenvalue weighted by Gasteiger charge is 2.49. The molecule has 2 nitrogen and oxygen atoms in total. The highest BCUT2D eigenvalue weighted by atomic mass is 28.3. The van der Waals surface area contributed by atoms with E-state index in [1.54, 1.807) is 0 Å². The molecule has 1 aliphatic carbocycles. The summed E-state index contributed by atoms with van der Waals surface area (Å²) in [6, 6.07) is 23.7. The first-order valence-corrected chi connectivity index (χ1v) is 13.5. The van der Waals surface area contributed by atoms with E-state index >= 15 is 0 Å². The normalized spacial score (nSPS) is 15.7. The van der Waals surface area contributed by atoms with Crippen molar-refractivity contribution in [3.63, 3.8) is 0 Å². The fourth-order valence-electron chi connectivity index (χ4n) is 3.93. The number of carbonyl (C=O) groups is 1. The van der Waals surface area contributed by atoms with Crippen LogP contribution in [0.3, 0.4) is 0 Å². The van der Waals surface area contributed by atoms with Crippen molar-refractivity contribution in [1.82, 2.24) is 0 Å². The number of nitrogens with zero attached hydrogens (tertiary/aromatic N) is 1. The lowest BCUT2D eigenvalue weighted by atomic mass is 9.66. The van der Waals surface area contributed by atoms with Gasteiger partial charge in [-0.15, -0.1) is 0 Å². The number of benzene rings is 2. The van der Waals surface area contributed by atoms with Crippen LogP contribution < -0.4 is 0 Å². The minimum Gasteiger partial charge on any atom is -0.297 e. The molecule has 2 aromatic carbocycles. The van der Waals surface area contributed by atoms with E-state index < -0.39 is 13.7 Å². The Labute approximate surface area is 164 Å². The predicted molar refractivity (Wildman–Crippen MR) is 116 cm³/mol. The van der Waals surface area contributed by atoms with E-state index in [-0.39, 0.29) is 11.7 Å². The van der Waals surface area contributed by atoms with E-state index in [2.05, 4.69) is 50.0 Å². The van der Waals surface area contributed by atoms with E-state index in [0.717, 1.165) is 36.8 Å². The third-order valence-corrected chi connectivity index (χ3v) is 6.10. The van der Waals surface area contributed by atoms with E-state index in [1.807, 2.05) is 36.4 Å². The van der Waals surface area contributed by atoms with Gasteiger partial charge in [-0.05, 0) is 24.0 Å². The monoisotopic (exact) mass is 376 g/mol. The zero-order valence-electron chi connectivity index (χ0n) is 16.7. The second-order valence-electron chi connectivity index (χ2n) is 8.58. The van der Waals surface area contributed by atoms with E-state index in [9.17, 15) is 4.79 Å². The fraction of sp³-hybridized carbons (Fsp3) is 0.417. The van der Waals surface area contributed by atoms with Gasteiger partial charge in [0.25, 0.3) is 6.07 Å². The van der Waals surface area contributed by atoms with Crippen LogP contribution in [0.2, 0.25) is 19.6 Å². The Kier molecular flexibility index (Phi) is 5.97. The zero-order valence-corrected chi connectivity index (χ0v) is 17.7. The first kappa shape index (κ1) is 19.6. The predicted octanol–water partition coefficient (Wildman–Crippen LogP) is 6.29. The molecule has 1 fully saturated rings. The molecule has 0 radical (unpaired) electrons. The average Bonchev–Trinajstić information content (AvgIpc) is 2.70. The average molecular weight is 377 g/mol. The molecule has 1 aliphatic rings. The van der Waals surface area contributed by atoms with Crippen molar-refractivity contribution in [1.29, 1.82) is 0 Å². The molecule has 0 saturated heterocycles. The number of hydrogen-bond donors (Lipinski definition) is 0. The van der Waals surface area contributed by atoms with Gasteiger partial charge in [0, 0.05) is 25.6 Å². The van der Waals surface area contributed by atoms with Gasteiger partial charge in [0.05, 0.1) is 0 Å². The van der Waals surface area contributed by atoms with Crippen molar-refractivity contribution in [2.24, 2.45) is 5.92 Å². The molecule has 0 spiro atoms. The maximum Gasteiger partial charge on any atom is 0.499 e. The Morgan fingerprint density at radius 3 is 1.81 bits per heavy atom. The van der Waals surface area contributed by atoms with Gasteiger partial charge >= 0.3 is 8.24 Å². The Balaban J connectivity index is 2.24. The SMILES string of the molecule is C[Si](C)(C)[N+]#CC(C(=O)C1CCCCC1)(c1ccccc1)c1ccccc1. The summed E-state index contributed by atoms with van der Waals surface area (Å²) in [6.07, 6.45) is 5.48. The second kappa shape index (κ2) is 8.23. The molecule has 2 aromatic rings. The lowest BCUT2D eigenvalue weighted by molar-refractivity contribution is -0.126. The molecule has 27 heavy (non-hydrogen) atoms. The fourth-order valence-corrected chi connectivity index (χ4v) is 4.44. The van der Waals surface area contributed by atoms with Crippen molar-refractivity contribution in [2.75, 3.05) is 0 Å². The largest absolute Gasteiger partial charge is 0.499 e. The van der Waals surface area contributed by atoms with Crippen molar-refractivity contribution in [3.8, 4) is 6.07 Å². The van der Waals surface area contributed by atoms with Gasteiger partial charge in [0.15, 0.2) is 5.78 Å². The molecule has 0 amide bonds. The summed E-state index contributed by atoms with van der Waals surface area (Å²) < 4.78 is 4.87. The van der Waals surface area contributed by atoms with Crippen molar-refractivity contribution in [2.45, 2.75) is 57.2 Å². The van der Waals surface area contributed by atoms with Crippen molar-refractivity contribution in [3.05, 3.63) is 76.3 Å². The van der Waals surface area contributed by atoms with Crippen LogP contribution in [0.15, 0.2) is 60.7 Å². The summed E-state index contributed by atoms with van der Waals surface area (Å²) in [5.74, 6) is 0.352. The third-order valence-electron chi connectivity index (χ3n) is 5.32. The van der Waals surface area contributed by atoms with Crippen molar-refractivity contribution < 1.29 is 4.79 Å². The maximum atomic E-state index is 14.0. The molecule has 3 heteroatoms. The Morgan fingerprint density at radius 1 is 0.889 bits per heavy atom. The first-order valence-electron chi connectivity index (χ1n) is 10.1. The van der Waals surface area contributed by atoms with Crippen LogP contribution in [0.5, 0.6) is 0 Å². The van der Waals surface area contributed by atoms with E-state index in [1.165, 1.54) is 6.42 Å². The standard InChI is InChI=1S/C24H30NOSi/c1-27(2,3)25-19-24(21-15-9-5-10-16-21,22-17-11-6-12-18-22)23(26)20-13-7-4-8-14-20/h5-6,9-12,15-18,20H,4,7-8,13-14H2,1-3H3/q+1. The lowest BCUT2D eigenvalue weighted by Gasteiger charge is -2.30. The molecule has 0 heterocycles. The minimum atomic E-state index is -1.77. The van der Waals surface area contributed by atoms with Crippen LogP contribution in [0.25, 0.3) is 4.51 Å². The van der Waals surface area contributed by atoms with Crippen LogP contribution in [-0.2, 0) is 10.2 Å². The molecule has 0 unspecified atom stereocenters. The van der Waals surface area contributed by atoms with Gasteiger partial charge in [0.2, 0.25) is 5.41 Å². The van der Waals surface area contributed by atoms with Crippen LogP contribution in [0, 0.1) is 12.0 Å². The summed E-state index contributed by atoms with van der Waals surface area (Å²) in [7, 11) is -1.77. The van der Waals surface area contributed by atoms with Crippen LogP contribution in [0.4, 0.5) is 0 Å². The summed E-state index contributed by atoms with van der Waals surface area (Å²) in [4.78, 5) is 14.0. The summed E-state index contributed by atoms with van der Waals surface area (Å²) in [5, 5.41) is 0. The summed E-state index contributed by atoms with van der Waals surface area (Å²) in [6.45, 7) is 6.56. The van der Waals surface area contributed by atoms with E-state index in [0.29, 0.717) is 0 Å². The van der Waals surface area contributed by atoms with Gasteiger partial charge < -0.3 is 0 Å². The molecule has 140 valence electrons. The maximum absolute atomic E-state index is 14.0. The lowest BCUT2D eigenvalue weighted by Crippen LogP contribution is -2.41. The van der Waals surface area contributed by atoms with Crippen LogP contribution in [0.1, 0.15) is 43.2 Å². The van der Waals surface area contributed by atoms with Crippen molar-refractivity contribution >= 4 is 14.0 Å². The van der Waals surface area contributed by atoms with Gasteiger partial charge in [-0.1, -0.05) is 79.9 Å². The second-order valence-corrected chi connectivity index (χ2v) is 13.1. The van der Waals surface area contributed by atoms with E-state index in [4.69, 9.17) is 4.51 Å². The number of carbonyl (C=O) groups excluding carboxylic acids is 1. The molecule has 3 rings (SSSR count). The van der Waals surface area contributed by atoms with Gasteiger partial charge in [0.1, 0.15) is 0 Å². The molecule has 0 N–H and O–H groups in total. The number of rotatable bonds is 4. The van der Waals surface area contributed by atoms with Crippen LogP contribution >= 0.6 is 0 Å². The van der Waals surface area contributed by atoms with Gasteiger partial charge in [-0.2, -0.15) is 4.51 Å². The number of Topliss-reactive ketones (excluding diaryl/α,β-unsaturated/α-hetero) is 1. The molecule has 0 bridgehead atoms. The van der Waals surface area contributed by atoms with Gasteiger partial charge in [-0.25, -0.2) is 0 Å². The quantitative estimate of drug-likeness (QED) is 0.575. The van der Waals surface area contributed by atoms with Gasteiger partial charge in [-0.3, -0.25) is 4.79 Å². The summed E-state index contributed by atoms with van der Waals surface area (Å²) >= 11 is 0. The third kappa shape index (κ3) is 4.39. The smallest absolute Gasteiger partial charge is 0.297 e. The molecular weight excluding hydrogens is 346 g/mol. The number of ketones is 1. The minimum absolute atomic E-state index is 0.0866. The molecule has 1 saturated carbocycles. The molecule has 0 atom stereocenters. The Hall–Kier alpha value is -2.18. The first-order chi connectivity index (χ1) is 12.9. The zero-order chi connectivity index (χ0) is 19.3. The molecule has 0 aromatic heterocycles. The Bertz CT molecular complexity index is 782. The molecule has 0 aliphatic heterocycles. The highest BCUT2D eigenvalue weighted by molar-refractivity contribution is 6.79. The Morgan fingerprint density at radius 2 is 1.37 bits per heavy atom.